The van der Waals surface area contributed by atoms with Crippen LogP contribution in [-0.2, 0) is 16.0 Å². The Kier molecular flexibility index (Phi) is 4.90. The standard InChI is InChI=1S/C19H26N2O4/c1-11(2)25-19(22)14-10-21-6-5-12-7-17(23-3)18(24-4)8-13(12)16(21)9-15(14)20/h7-8,11,16H,5-6,9-10,20H2,1-4H3/t16-/m0/s1. The van der Waals surface area contributed by atoms with Gasteiger partial charge in [-0.1, -0.05) is 0 Å². The number of esters is 1. The zero-order chi connectivity index (χ0) is 18.1. The van der Waals surface area contributed by atoms with Gasteiger partial charge in [0, 0.05) is 31.2 Å². The van der Waals surface area contributed by atoms with E-state index in [4.69, 9.17) is 19.9 Å². The maximum Gasteiger partial charge on any atom is 0.337 e. The second kappa shape index (κ2) is 6.96. The van der Waals surface area contributed by atoms with E-state index in [0.717, 1.165) is 24.5 Å². The van der Waals surface area contributed by atoms with Crippen molar-refractivity contribution in [3.63, 3.8) is 0 Å². The van der Waals surface area contributed by atoms with Crippen LogP contribution in [0.3, 0.4) is 0 Å². The van der Waals surface area contributed by atoms with Gasteiger partial charge >= 0.3 is 5.97 Å². The van der Waals surface area contributed by atoms with Gasteiger partial charge in [-0.3, -0.25) is 4.90 Å². The van der Waals surface area contributed by atoms with Crippen LogP contribution < -0.4 is 15.2 Å². The van der Waals surface area contributed by atoms with Gasteiger partial charge in [-0.15, -0.1) is 0 Å². The molecule has 0 saturated heterocycles. The maximum atomic E-state index is 12.3. The van der Waals surface area contributed by atoms with E-state index in [1.165, 1.54) is 11.1 Å². The third kappa shape index (κ3) is 3.31. The molecule has 0 unspecified atom stereocenters. The molecule has 0 fully saturated rings. The SMILES string of the molecule is COc1cc2c(cc1OC)[C@@H]1CC(N)=C(C(=O)OC(C)C)CN1CC2. The predicted molar refractivity (Wildman–Crippen MR) is 94.6 cm³/mol. The summed E-state index contributed by atoms with van der Waals surface area (Å²) in [6, 6.07) is 4.24. The number of rotatable bonds is 4. The summed E-state index contributed by atoms with van der Waals surface area (Å²) in [6.45, 7) is 5.09. The maximum absolute atomic E-state index is 12.3. The summed E-state index contributed by atoms with van der Waals surface area (Å²) in [6.07, 6.45) is 1.37. The van der Waals surface area contributed by atoms with Gasteiger partial charge in [0.05, 0.1) is 25.9 Å². The Morgan fingerprint density at radius 3 is 2.56 bits per heavy atom. The average Bonchev–Trinajstić information content (AvgIpc) is 2.59. The van der Waals surface area contributed by atoms with Gasteiger partial charge < -0.3 is 19.9 Å². The quantitative estimate of drug-likeness (QED) is 0.842. The molecular weight excluding hydrogens is 320 g/mol. The van der Waals surface area contributed by atoms with E-state index >= 15 is 0 Å². The Balaban J connectivity index is 1.92. The third-order valence-corrected chi connectivity index (χ3v) is 4.86. The summed E-state index contributed by atoms with van der Waals surface area (Å²) in [4.78, 5) is 14.6. The van der Waals surface area contributed by atoms with Crippen LogP contribution in [0.15, 0.2) is 23.4 Å². The normalized spacial score (nSPS) is 20.1. The molecule has 0 aromatic heterocycles. The van der Waals surface area contributed by atoms with Crippen LogP contribution in [0.5, 0.6) is 11.5 Å². The minimum atomic E-state index is -0.302. The van der Waals surface area contributed by atoms with Crippen LogP contribution in [0.2, 0.25) is 0 Å². The minimum Gasteiger partial charge on any atom is -0.493 e. The zero-order valence-corrected chi connectivity index (χ0v) is 15.3. The average molecular weight is 346 g/mol. The molecule has 2 N–H and O–H groups in total. The number of carbonyl (C=O) groups is 1. The van der Waals surface area contributed by atoms with Crippen molar-refractivity contribution in [1.29, 1.82) is 0 Å². The monoisotopic (exact) mass is 346 g/mol. The Hall–Kier alpha value is -2.21. The first kappa shape index (κ1) is 17.6. The van der Waals surface area contributed by atoms with E-state index in [2.05, 4.69) is 4.90 Å². The van der Waals surface area contributed by atoms with E-state index in [1.807, 2.05) is 26.0 Å². The van der Waals surface area contributed by atoms with E-state index < -0.39 is 0 Å². The van der Waals surface area contributed by atoms with Crippen LogP contribution >= 0.6 is 0 Å². The van der Waals surface area contributed by atoms with Crippen molar-refractivity contribution in [3.8, 4) is 11.5 Å². The summed E-state index contributed by atoms with van der Waals surface area (Å²) >= 11 is 0. The van der Waals surface area contributed by atoms with Gasteiger partial charge in [0.1, 0.15) is 0 Å². The smallest absolute Gasteiger partial charge is 0.337 e. The third-order valence-electron chi connectivity index (χ3n) is 4.86. The lowest BCUT2D eigenvalue weighted by atomic mass is 9.86. The summed E-state index contributed by atoms with van der Waals surface area (Å²) in [5.41, 5.74) is 9.90. The number of hydrogen-bond acceptors (Lipinski definition) is 6. The summed E-state index contributed by atoms with van der Waals surface area (Å²) < 4.78 is 16.2. The van der Waals surface area contributed by atoms with Crippen molar-refractivity contribution in [2.75, 3.05) is 27.3 Å². The van der Waals surface area contributed by atoms with E-state index in [0.29, 0.717) is 24.2 Å². The Labute approximate surface area is 148 Å². The van der Waals surface area contributed by atoms with Crippen molar-refractivity contribution in [3.05, 3.63) is 34.5 Å². The largest absolute Gasteiger partial charge is 0.493 e. The van der Waals surface area contributed by atoms with Gasteiger partial charge in [-0.25, -0.2) is 4.79 Å². The summed E-state index contributed by atoms with van der Waals surface area (Å²) in [7, 11) is 3.29. The van der Waals surface area contributed by atoms with Crippen LogP contribution in [0.25, 0.3) is 0 Å². The first-order valence-electron chi connectivity index (χ1n) is 8.62. The molecule has 2 aliphatic rings. The summed E-state index contributed by atoms with van der Waals surface area (Å²) in [5.74, 6) is 1.16. The number of hydrogen-bond donors (Lipinski definition) is 1. The number of ether oxygens (including phenoxy) is 3. The van der Waals surface area contributed by atoms with Gasteiger partial charge in [0.25, 0.3) is 0 Å². The van der Waals surface area contributed by atoms with Crippen molar-refractivity contribution < 1.29 is 19.0 Å². The highest BCUT2D eigenvalue weighted by atomic mass is 16.5. The molecule has 25 heavy (non-hydrogen) atoms. The molecule has 1 aromatic carbocycles. The lowest BCUT2D eigenvalue weighted by Crippen LogP contribution is -2.43. The van der Waals surface area contributed by atoms with Crippen molar-refractivity contribution in [2.24, 2.45) is 5.73 Å². The molecule has 3 rings (SSSR count). The molecule has 0 bridgehead atoms. The second-order valence-corrected chi connectivity index (χ2v) is 6.80. The molecular formula is C19H26N2O4. The van der Waals surface area contributed by atoms with Crippen LogP contribution in [0.4, 0.5) is 0 Å². The highest BCUT2D eigenvalue weighted by Crippen LogP contribution is 2.42. The van der Waals surface area contributed by atoms with Crippen LogP contribution in [-0.4, -0.2) is 44.3 Å². The Bertz CT molecular complexity index is 712. The molecule has 2 aliphatic heterocycles. The van der Waals surface area contributed by atoms with Crippen molar-refractivity contribution in [2.45, 2.75) is 38.8 Å². The molecule has 0 saturated carbocycles. The second-order valence-electron chi connectivity index (χ2n) is 6.80. The first-order chi connectivity index (χ1) is 11.9. The molecule has 136 valence electrons. The predicted octanol–water partition coefficient (Wildman–Crippen LogP) is 2.17. The number of methoxy groups -OCH3 is 2. The molecule has 1 atom stereocenters. The Morgan fingerprint density at radius 2 is 1.92 bits per heavy atom. The fourth-order valence-electron chi connectivity index (χ4n) is 3.63. The molecule has 0 spiro atoms. The zero-order valence-electron chi connectivity index (χ0n) is 15.3. The molecule has 2 heterocycles. The van der Waals surface area contributed by atoms with Crippen molar-refractivity contribution in [1.82, 2.24) is 4.90 Å². The van der Waals surface area contributed by atoms with Crippen LogP contribution in [0.1, 0.15) is 37.4 Å². The number of nitrogens with two attached hydrogens (primary N) is 1. The van der Waals surface area contributed by atoms with Crippen molar-refractivity contribution >= 4 is 5.97 Å². The highest BCUT2D eigenvalue weighted by molar-refractivity contribution is 5.90. The molecule has 0 aliphatic carbocycles. The molecule has 0 amide bonds. The molecule has 1 aromatic rings. The first-order valence-corrected chi connectivity index (χ1v) is 8.62. The highest BCUT2D eigenvalue weighted by Gasteiger charge is 2.35. The number of benzene rings is 1. The van der Waals surface area contributed by atoms with Gasteiger partial charge in [0.2, 0.25) is 0 Å². The van der Waals surface area contributed by atoms with Gasteiger partial charge in [-0.05, 0) is 43.5 Å². The number of fused-ring (bicyclic) bond motifs is 3. The van der Waals surface area contributed by atoms with E-state index in [9.17, 15) is 4.79 Å². The number of carbonyl (C=O) groups excluding carboxylic acids is 1. The van der Waals surface area contributed by atoms with E-state index in [-0.39, 0.29) is 18.1 Å². The molecule has 6 heteroatoms. The molecule has 0 radical (unpaired) electrons. The lowest BCUT2D eigenvalue weighted by Gasteiger charge is -2.41. The number of nitrogens with zero attached hydrogens (tertiary/aromatic N) is 1. The van der Waals surface area contributed by atoms with Gasteiger partial charge in [-0.2, -0.15) is 0 Å². The lowest BCUT2D eigenvalue weighted by molar-refractivity contribution is -0.143. The fourth-order valence-corrected chi connectivity index (χ4v) is 3.63. The minimum absolute atomic E-state index is 0.149. The van der Waals surface area contributed by atoms with Crippen LogP contribution in [0, 0.1) is 0 Å². The topological polar surface area (TPSA) is 74.0 Å². The Morgan fingerprint density at radius 1 is 1.24 bits per heavy atom. The van der Waals surface area contributed by atoms with E-state index in [1.54, 1.807) is 14.2 Å². The summed E-state index contributed by atoms with van der Waals surface area (Å²) in [5, 5.41) is 0. The van der Waals surface area contributed by atoms with Gasteiger partial charge in [0.15, 0.2) is 11.5 Å². The fraction of sp³-hybridized carbons (Fsp3) is 0.526. The molecule has 6 nitrogen and oxygen atoms in total.